The number of fused-ring (bicyclic) bond motifs is 1. The number of nitrogens with zero attached hydrogens (tertiary/aromatic N) is 1. The van der Waals surface area contributed by atoms with E-state index in [1.165, 1.54) is 12.1 Å². The van der Waals surface area contributed by atoms with Gasteiger partial charge in [0.15, 0.2) is 0 Å². The molecule has 0 aliphatic heterocycles. The Hall–Kier alpha value is -0.700. The van der Waals surface area contributed by atoms with Gasteiger partial charge in [-0.1, -0.05) is 6.92 Å². The van der Waals surface area contributed by atoms with Gasteiger partial charge in [0.05, 0.1) is 21.2 Å². The van der Waals surface area contributed by atoms with Gasteiger partial charge in [0, 0.05) is 5.75 Å². The van der Waals surface area contributed by atoms with E-state index in [9.17, 15) is 8.42 Å². The van der Waals surface area contributed by atoms with Crippen LogP contribution in [0.25, 0.3) is 11.0 Å². The highest BCUT2D eigenvalue weighted by Crippen LogP contribution is 2.25. The van der Waals surface area contributed by atoms with Crippen molar-refractivity contribution in [2.24, 2.45) is 0 Å². The van der Waals surface area contributed by atoms with E-state index < -0.39 is 10.1 Å². The molecular weight excluding hydrogens is 304 g/mol. The minimum Gasteiger partial charge on any atom is -0.341 e. The fourth-order valence-corrected chi connectivity index (χ4v) is 3.20. The lowest BCUT2D eigenvalue weighted by Crippen LogP contribution is -1.97. The summed E-state index contributed by atoms with van der Waals surface area (Å²) >= 11 is 6.22. The number of hydrogen-bond donors (Lipinski definition) is 3. The number of H-pyrrole nitrogens is 1. The largest absolute Gasteiger partial charge is 0.341 e. The smallest absolute Gasteiger partial charge is 0.294 e. The molecule has 2 aromatic rings. The topological polar surface area (TPSA) is 83.1 Å². The number of aromatic amines is 1. The van der Waals surface area contributed by atoms with Gasteiger partial charge in [-0.25, -0.2) is 4.98 Å². The number of benzene rings is 1. The molecule has 1 aromatic heterocycles. The van der Waals surface area contributed by atoms with Crippen molar-refractivity contribution in [3.63, 3.8) is 0 Å². The Morgan fingerprint density at radius 2 is 2.26 bits per heavy atom. The van der Waals surface area contributed by atoms with Crippen LogP contribution in [-0.2, 0) is 10.1 Å². The molecule has 1 heterocycles. The first-order chi connectivity index (χ1) is 8.91. The van der Waals surface area contributed by atoms with Gasteiger partial charge >= 0.3 is 0 Å². The first-order valence-corrected chi connectivity index (χ1v) is 8.76. The van der Waals surface area contributed by atoms with Crippen molar-refractivity contribution in [3.05, 3.63) is 24.0 Å². The highest BCUT2D eigenvalue weighted by atomic mass is 32.2. The monoisotopic (exact) mass is 318 g/mol. The zero-order valence-corrected chi connectivity index (χ0v) is 12.7. The van der Waals surface area contributed by atoms with Crippen LogP contribution in [0.3, 0.4) is 0 Å². The Labute approximate surface area is 121 Å². The first kappa shape index (κ1) is 14.7. The Bertz CT molecular complexity index is 682. The molecule has 1 atom stereocenters. The summed E-state index contributed by atoms with van der Waals surface area (Å²) < 4.78 is 31.1. The van der Waals surface area contributed by atoms with Crippen LogP contribution >= 0.6 is 24.4 Å². The van der Waals surface area contributed by atoms with Crippen LogP contribution in [0.1, 0.15) is 18.0 Å². The molecule has 19 heavy (non-hydrogen) atoms. The van der Waals surface area contributed by atoms with Crippen molar-refractivity contribution in [1.82, 2.24) is 9.97 Å². The van der Waals surface area contributed by atoms with Crippen LogP contribution in [0.15, 0.2) is 23.1 Å². The lowest BCUT2D eigenvalue weighted by atomic mass is 10.3. The van der Waals surface area contributed by atoms with Crippen LogP contribution in [0, 0.1) is 0 Å². The molecule has 0 spiro atoms. The number of rotatable bonds is 5. The quantitative estimate of drug-likeness (QED) is 0.583. The Morgan fingerprint density at radius 1 is 1.53 bits per heavy atom. The summed E-state index contributed by atoms with van der Waals surface area (Å²) in [4.78, 5) is 7.26. The second-order valence-electron chi connectivity index (χ2n) is 3.95. The van der Waals surface area contributed by atoms with Crippen molar-refractivity contribution < 1.29 is 13.0 Å². The van der Waals surface area contributed by atoms with Crippen molar-refractivity contribution in [1.29, 1.82) is 0 Å². The molecule has 104 valence electrons. The molecule has 0 bridgehead atoms. The zero-order valence-electron chi connectivity index (χ0n) is 10.2. The van der Waals surface area contributed by atoms with Gasteiger partial charge in [-0.15, -0.1) is 0 Å². The fraction of sp³-hybridized carbons (Fsp3) is 0.364. The molecule has 5 nitrogen and oxygen atoms in total. The molecule has 0 aliphatic rings. The van der Waals surface area contributed by atoms with Crippen LogP contribution in [-0.4, -0.2) is 34.4 Å². The van der Waals surface area contributed by atoms with Gasteiger partial charge in [0.1, 0.15) is 5.82 Å². The molecule has 1 unspecified atom stereocenters. The lowest BCUT2D eigenvalue weighted by Gasteiger charge is -2.05. The van der Waals surface area contributed by atoms with Gasteiger partial charge in [-0.05, 0) is 24.0 Å². The van der Waals surface area contributed by atoms with E-state index in [1.807, 2.05) is 0 Å². The molecule has 0 saturated heterocycles. The molecule has 1 aromatic carbocycles. The summed E-state index contributed by atoms with van der Waals surface area (Å²) in [5.74, 6) is 2.53. The van der Waals surface area contributed by atoms with Gasteiger partial charge in [0.25, 0.3) is 10.1 Å². The number of nitrogens with one attached hydrogen (secondary N) is 1. The van der Waals surface area contributed by atoms with E-state index in [2.05, 4.69) is 29.5 Å². The number of imidazole rings is 1. The predicted octanol–water partition coefficient (Wildman–Crippen LogP) is 2.53. The summed E-state index contributed by atoms with van der Waals surface area (Å²) in [6.45, 7) is 2.07. The van der Waals surface area contributed by atoms with E-state index in [4.69, 9.17) is 4.55 Å². The van der Waals surface area contributed by atoms with Crippen LogP contribution < -0.4 is 0 Å². The first-order valence-electron chi connectivity index (χ1n) is 5.64. The molecule has 0 radical (unpaired) electrons. The standard InChI is InChI=1S/C11H14N2O3S3/c1-2-18-6-10(17)11-12-8-4-3-7(19(14,15)16)5-9(8)13-11/h3-5,10,17H,2,6H2,1H3,(H,12,13)(H,14,15,16). The number of thioether (sulfide) groups is 1. The molecule has 2 rings (SSSR count). The van der Waals surface area contributed by atoms with Gasteiger partial charge < -0.3 is 4.98 Å². The van der Waals surface area contributed by atoms with Gasteiger partial charge in [0.2, 0.25) is 0 Å². The van der Waals surface area contributed by atoms with E-state index >= 15 is 0 Å². The summed E-state index contributed by atoms with van der Waals surface area (Å²) in [7, 11) is -4.19. The Balaban J connectivity index is 2.35. The van der Waals surface area contributed by atoms with Crippen molar-refractivity contribution in [3.8, 4) is 0 Å². The molecule has 2 N–H and O–H groups in total. The minimum absolute atomic E-state index is 0.0356. The summed E-state index contributed by atoms with van der Waals surface area (Å²) in [5.41, 5.74) is 1.23. The Kier molecular flexibility index (Phi) is 4.44. The highest BCUT2D eigenvalue weighted by Gasteiger charge is 2.14. The van der Waals surface area contributed by atoms with Gasteiger partial charge in [-0.3, -0.25) is 4.55 Å². The van der Waals surface area contributed by atoms with Gasteiger partial charge in [-0.2, -0.15) is 32.8 Å². The third kappa shape index (κ3) is 3.44. The third-order valence-electron chi connectivity index (χ3n) is 2.56. The molecular formula is C11H14N2O3S3. The van der Waals surface area contributed by atoms with Crippen LogP contribution in [0.2, 0.25) is 0 Å². The van der Waals surface area contributed by atoms with E-state index in [0.717, 1.165) is 11.5 Å². The van der Waals surface area contributed by atoms with Crippen LogP contribution in [0.5, 0.6) is 0 Å². The highest BCUT2D eigenvalue weighted by molar-refractivity contribution is 7.99. The zero-order chi connectivity index (χ0) is 14.0. The molecule has 8 heteroatoms. The van der Waals surface area contributed by atoms with Crippen molar-refractivity contribution in [2.75, 3.05) is 11.5 Å². The maximum absolute atomic E-state index is 11.1. The lowest BCUT2D eigenvalue weighted by molar-refractivity contribution is 0.483. The molecule has 0 fully saturated rings. The second kappa shape index (κ2) is 5.74. The molecule has 0 amide bonds. The fourth-order valence-electron chi connectivity index (χ4n) is 1.64. The number of hydrogen-bond acceptors (Lipinski definition) is 5. The summed E-state index contributed by atoms with van der Waals surface area (Å²) in [6.07, 6.45) is 0. The van der Waals surface area contributed by atoms with Crippen LogP contribution in [0.4, 0.5) is 0 Å². The van der Waals surface area contributed by atoms with E-state index in [-0.39, 0.29) is 10.1 Å². The summed E-state index contributed by atoms with van der Waals surface area (Å²) in [5, 5.41) is -0.0356. The maximum atomic E-state index is 11.1. The average Bonchev–Trinajstić information content (AvgIpc) is 2.77. The van der Waals surface area contributed by atoms with Crippen molar-refractivity contribution >= 4 is 45.5 Å². The third-order valence-corrected chi connectivity index (χ3v) is 5.07. The summed E-state index contributed by atoms with van der Waals surface area (Å²) in [6, 6.07) is 4.26. The maximum Gasteiger partial charge on any atom is 0.294 e. The number of aromatic nitrogens is 2. The minimum atomic E-state index is -4.19. The van der Waals surface area contributed by atoms with E-state index in [0.29, 0.717) is 16.9 Å². The molecule has 0 saturated carbocycles. The predicted molar refractivity (Wildman–Crippen MR) is 80.6 cm³/mol. The SMILES string of the molecule is CCSCC(S)c1nc2ccc(S(=O)(=O)O)cc2[nH]1. The van der Waals surface area contributed by atoms with Crippen molar-refractivity contribution in [2.45, 2.75) is 17.1 Å². The number of thiol groups is 1. The Morgan fingerprint density at radius 3 is 2.89 bits per heavy atom. The second-order valence-corrected chi connectivity index (χ2v) is 7.32. The van der Waals surface area contributed by atoms with E-state index in [1.54, 1.807) is 17.8 Å². The molecule has 0 aliphatic carbocycles. The normalized spacial score (nSPS) is 13.8. The average molecular weight is 318 g/mol.